The Morgan fingerprint density at radius 3 is 2.69 bits per heavy atom. The van der Waals surface area contributed by atoms with Crippen LogP contribution < -0.4 is 4.74 Å². The topological polar surface area (TPSA) is 59.7 Å². The van der Waals surface area contributed by atoms with E-state index in [-0.39, 0.29) is 17.8 Å². The summed E-state index contributed by atoms with van der Waals surface area (Å²) in [6.07, 6.45) is 0.882. The summed E-state index contributed by atoms with van der Waals surface area (Å²) < 4.78 is 35.1. The van der Waals surface area contributed by atoms with Crippen LogP contribution in [0, 0.1) is 19.7 Å². The van der Waals surface area contributed by atoms with Crippen LogP contribution in [0.1, 0.15) is 58.7 Å². The number of ether oxygens (including phenoxy) is 1. The van der Waals surface area contributed by atoms with Crippen LogP contribution in [-0.4, -0.2) is 37.7 Å². The van der Waals surface area contributed by atoms with Gasteiger partial charge in [0.05, 0.1) is 46.9 Å². The van der Waals surface area contributed by atoms with Gasteiger partial charge in [-0.3, -0.25) is 4.79 Å². The number of hydrogen-bond acceptors (Lipinski definition) is 4. The third kappa shape index (κ3) is 3.60. The zero-order chi connectivity index (χ0) is 22.6. The molecule has 168 valence electrons. The smallest absolute Gasteiger partial charge is 0.258 e. The van der Waals surface area contributed by atoms with Gasteiger partial charge in [0, 0.05) is 11.6 Å². The van der Waals surface area contributed by atoms with E-state index in [1.54, 1.807) is 9.42 Å². The highest BCUT2D eigenvalue weighted by molar-refractivity contribution is 6.31. The number of carbonyl (C=O) groups is 1. The molecule has 3 heterocycles. The Morgan fingerprint density at radius 2 is 1.94 bits per heavy atom. The van der Waals surface area contributed by atoms with E-state index in [1.165, 1.54) is 18.2 Å². The van der Waals surface area contributed by atoms with E-state index in [0.717, 1.165) is 17.0 Å². The van der Waals surface area contributed by atoms with Crippen LogP contribution in [0.3, 0.4) is 0 Å². The Bertz CT molecular complexity index is 1220. The Balaban J connectivity index is 1.41. The number of hydrogen-bond donors (Lipinski definition) is 0. The van der Waals surface area contributed by atoms with E-state index in [1.807, 2.05) is 13.8 Å². The third-order valence-electron chi connectivity index (χ3n) is 6.31. The van der Waals surface area contributed by atoms with Crippen molar-refractivity contribution < 1.29 is 18.3 Å². The first-order valence-electron chi connectivity index (χ1n) is 10.7. The second-order valence-electron chi connectivity index (χ2n) is 8.55. The van der Waals surface area contributed by atoms with Gasteiger partial charge in [-0.25, -0.2) is 18.3 Å². The van der Waals surface area contributed by atoms with Gasteiger partial charge in [0.25, 0.3) is 5.91 Å². The summed E-state index contributed by atoms with van der Waals surface area (Å²) in [5, 5.41) is 5.18. The van der Waals surface area contributed by atoms with Crippen molar-refractivity contribution in [3.05, 3.63) is 57.2 Å². The summed E-state index contributed by atoms with van der Waals surface area (Å²) in [5.41, 5.74) is 4.14. The third-order valence-corrected chi connectivity index (χ3v) is 6.86. The predicted molar refractivity (Wildman–Crippen MR) is 115 cm³/mol. The average Bonchev–Trinajstić information content (AvgIpc) is 3.33. The molecule has 3 aromatic rings. The van der Waals surface area contributed by atoms with Crippen LogP contribution >= 0.6 is 11.6 Å². The highest BCUT2D eigenvalue weighted by Gasteiger charge is 2.32. The van der Waals surface area contributed by atoms with Crippen molar-refractivity contribution in [3.63, 3.8) is 0 Å². The zero-order valence-electron chi connectivity index (χ0n) is 17.9. The number of halogens is 3. The maximum absolute atomic E-state index is 14.0. The van der Waals surface area contributed by atoms with Crippen molar-refractivity contribution >= 4 is 23.2 Å². The van der Waals surface area contributed by atoms with E-state index in [2.05, 4.69) is 10.1 Å². The number of aromatic nitrogens is 3. The molecule has 32 heavy (non-hydrogen) atoms. The molecule has 1 aliphatic carbocycles. The van der Waals surface area contributed by atoms with Crippen LogP contribution in [0.5, 0.6) is 5.75 Å². The normalized spacial score (nSPS) is 20.6. The number of nitrogens with zero attached hydrogens (tertiary/aromatic N) is 4. The van der Waals surface area contributed by atoms with Crippen LogP contribution in [-0.2, 0) is 13.1 Å². The summed E-state index contributed by atoms with van der Waals surface area (Å²) >= 11 is 6.30. The lowest BCUT2D eigenvalue weighted by molar-refractivity contribution is 0.0732. The minimum absolute atomic E-state index is 0.202. The minimum Gasteiger partial charge on any atom is -0.489 e. The molecule has 0 atom stereocenters. The molecule has 0 saturated heterocycles. The largest absolute Gasteiger partial charge is 0.489 e. The Hall–Kier alpha value is -2.74. The van der Waals surface area contributed by atoms with Crippen LogP contribution in [0.2, 0.25) is 5.02 Å². The quantitative estimate of drug-likeness (QED) is 0.554. The van der Waals surface area contributed by atoms with E-state index in [0.29, 0.717) is 60.7 Å². The van der Waals surface area contributed by atoms with Crippen LogP contribution in [0.15, 0.2) is 18.2 Å². The molecule has 1 aromatic carbocycles. The monoisotopic (exact) mass is 460 g/mol. The maximum Gasteiger partial charge on any atom is 0.258 e. The first-order chi connectivity index (χ1) is 15.3. The van der Waals surface area contributed by atoms with E-state index in [9.17, 15) is 13.6 Å². The molecule has 1 amide bonds. The lowest BCUT2D eigenvalue weighted by Crippen LogP contribution is -2.29. The predicted octanol–water partition coefficient (Wildman–Crippen LogP) is 4.95. The average molecular weight is 461 g/mol. The van der Waals surface area contributed by atoms with Crippen molar-refractivity contribution in [2.75, 3.05) is 0 Å². The number of amides is 1. The molecule has 2 aromatic heterocycles. The van der Waals surface area contributed by atoms with Gasteiger partial charge in [-0.05, 0) is 51.7 Å². The van der Waals surface area contributed by atoms with Gasteiger partial charge in [0.2, 0.25) is 0 Å². The van der Waals surface area contributed by atoms with Gasteiger partial charge in [0.1, 0.15) is 17.7 Å². The van der Waals surface area contributed by atoms with Crippen LogP contribution in [0.25, 0.3) is 5.65 Å². The Labute approximate surface area is 189 Å². The second kappa shape index (κ2) is 7.99. The molecule has 1 aliphatic heterocycles. The lowest BCUT2D eigenvalue weighted by Gasteiger charge is -2.26. The SMILES string of the molecule is Cc1nc2c3c(nn2c(C)c1Cl)CN(C(=O)c1ccc(F)cc1OC1CCC(F)CC1)C3. The van der Waals surface area contributed by atoms with Crippen molar-refractivity contribution in [1.29, 1.82) is 0 Å². The molecular formula is C23H23ClF2N4O2. The minimum atomic E-state index is -0.818. The van der Waals surface area contributed by atoms with Crippen molar-refractivity contribution in [2.45, 2.75) is 64.9 Å². The molecule has 9 heteroatoms. The molecular weight excluding hydrogens is 438 g/mol. The Morgan fingerprint density at radius 1 is 1.19 bits per heavy atom. The lowest BCUT2D eigenvalue weighted by atomic mass is 9.96. The fraction of sp³-hybridized carbons (Fsp3) is 0.435. The standard InChI is InChI=1S/C23H23ClF2N4O2/c1-12-21(24)13(2)30-22(27-12)18-10-29(11-19(18)28-30)23(31)17-8-5-15(26)9-20(17)32-16-6-3-14(25)4-7-16/h5,8-9,14,16H,3-4,6-7,10-11H2,1-2H3. The first-order valence-corrected chi connectivity index (χ1v) is 11.1. The molecule has 0 N–H and O–H groups in total. The van der Waals surface area contributed by atoms with Crippen molar-refractivity contribution in [1.82, 2.24) is 19.5 Å². The van der Waals surface area contributed by atoms with Gasteiger partial charge in [-0.2, -0.15) is 5.10 Å². The fourth-order valence-electron chi connectivity index (χ4n) is 4.52. The van der Waals surface area contributed by atoms with Gasteiger partial charge in [0.15, 0.2) is 5.65 Å². The maximum atomic E-state index is 14.0. The van der Waals surface area contributed by atoms with Crippen molar-refractivity contribution in [3.8, 4) is 5.75 Å². The molecule has 5 rings (SSSR count). The molecule has 2 aliphatic rings. The summed E-state index contributed by atoms with van der Waals surface area (Å²) in [4.78, 5) is 19.6. The van der Waals surface area contributed by atoms with Crippen LogP contribution in [0.4, 0.5) is 8.78 Å². The molecule has 0 radical (unpaired) electrons. The second-order valence-corrected chi connectivity index (χ2v) is 8.93. The highest BCUT2D eigenvalue weighted by atomic mass is 35.5. The first kappa shape index (κ1) is 21.1. The number of fused-ring (bicyclic) bond motifs is 3. The van der Waals surface area contributed by atoms with Gasteiger partial charge in [-0.15, -0.1) is 0 Å². The summed E-state index contributed by atoms with van der Waals surface area (Å²) in [6.45, 7) is 4.38. The number of benzene rings is 1. The van der Waals surface area contributed by atoms with E-state index >= 15 is 0 Å². The fourth-order valence-corrected chi connectivity index (χ4v) is 4.64. The molecule has 1 fully saturated rings. The van der Waals surface area contributed by atoms with Gasteiger partial charge in [-0.1, -0.05) is 11.6 Å². The molecule has 0 spiro atoms. The Kier molecular flexibility index (Phi) is 5.28. The van der Waals surface area contributed by atoms with E-state index in [4.69, 9.17) is 16.3 Å². The number of alkyl halides is 1. The van der Waals surface area contributed by atoms with E-state index < -0.39 is 12.0 Å². The number of carbonyl (C=O) groups excluding carboxylic acids is 1. The summed E-state index contributed by atoms with van der Waals surface area (Å²) in [5.74, 6) is -0.546. The van der Waals surface area contributed by atoms with Gasteiger partial charge >= 0.3 is 0 Å². The summed E-state index contributed by atoms with van der Waals surface area (Å²) in [7, 11) is 0. The zero-order valence-corrected chi connectivity index (χ0v) is 18.6. The molecule has 0 unspecified atom stereocenters. The number of aryl methyl sites for hydroxylation is 2. The number of rotatable bonds is 3. The highest BCUT2D eigenvalue weighted by Crippen LogP contribution is 2.33. The molecule has 6 nitrogen and oxygen atoms in total. The summed E-state index contributed by atoms with van der Waals surface area (Å²) in [6, 6.07) is 3.93. The molecule has 0 bridgehead atoms. The van der Waals surface area contributed by atoms with Crippen molar-refractivity contribution in [2.24, 2.45) is 0 Å². The van der Waals surface area contributed by atoms with Gasteiger partial charge < -0.3 is 9.64 Å². The molecule has 1 saturated carbocycles.